The van der Waals surface area contributed by atoms with Gasteiger partial charge in [0.25, 0.3) is 0 Å². The molecular weight excluding hydrogens is 329 g/mol. The van der Waals surface area contributed by atoms with Gasteiger partial charge in [0.15, 0.2) is 0 Å². The zero-order valence-corrected chi connectivity index (χ0v) is 13.6. The normalized spacial score (nSPS) is 10.4. The van der Waals surface area contributed by atoms with Crippen LogP contribution in [-0.4, -0.2) is 12.6 Å². The fourth-order valence-electron chi connectivity index (χ4n) is 1.69. The van der Waals surface area contributed by atoms with Gasteiger partial charge in [-0.2, -0.15) is 0 Å². The third-order valence-corrected chi connectivity index (χ3v) is 4.48. The van der Waals surface area contributed by atoms with E-state index in [0.717, 1.165) is 9.79 Å². The predicted molar refractivity (Wildman–Crippen MR) is 87.4 cm³/mol. The highest BCUT2D eigenvalue weighted by Gasteiger charge is 2.15. The van der Waals surface area contributed by atoms with Crippen LogP contribution in [0.2, 0.25) is 10.0 Å². The number of hydrogen-bond acceptors (Lipinski definition) is 4. The molecule has 0 heterocycles. The maximum absolute atomic E-state index is 11.8. The van der Waals surface area contributed by atoms with E-state index in [2.05, 4.69) is 0 Å². The molecule has 0 saturated carbocycles. The SMILES string of the molecule is CCOC(=O)c1cccc(Sc2cc(Cl)ccc2Cl)c1N. The van der Waals surface area contributed by atoms with Gasteiger partial charge in [0.05, 0.1) is 22.9 Å². The van der Waals surface area contributed by atoms with Crippen molar-refractivity contribution in [3.8, 4) is 0 Å². The molecule has 2 rings (SSSR count). The number of carbonyl (C=O) groups is 1. The highest BCUT2D eigenvalue weighted by atomic mass is 35.5. The molecule has 0 spiro atoms. The van der Waals surface area contributed by atoms with Crippen LogP contribution in [0.25, 0.3) is 0 Å². The van der Waals surface area contributed by atoms with Crippen LogP contribution in [0.5, 0.6) is 0 Å². The van der Waals surface area contributed by atoms with Crippen LogP contribution in [0.4, 0.5) is 5.69 Å². The Morgan fingerprint density at radius 1 is 1.24 bits per heavy atom. The molecule has 0 aliphatic rings. The summed E-state index contributed by atoms with van der Waals surface area (Å²) in [5.41, 5.74) is 6.77. The number of ether oxygens (including phenoxy) is 1. The van der Waals surface area contributed by atoms with Gasteiger partial charge in [-0.25, -0.2) is 4.79 Å². The lowest BCUT2D eigenvalue weighted by Crippen LogP contribution is -2.08. The van der Waals surface area contributed by atoms with Gasteiger partial charge in [0.2, 0.25) is 0 Å². The summed E-state index contributed by atoms with van der Waals surface area (Å²) in [4.78, 5) is 13.3. The van der Waals surface area contributed by atoms with Crippen molar-refractivity contribution in [1.82, 2.24) is 0 Å². The molecule has 2 aromatic rings. The first-order valence-electron chi connectivity index (χ1n) is 6.21. The van der Waals surface area contributed by atoms with E-state index in [1.165, 1.54) is 11.8 Å². The number of benzene rings is 2. The van der Waals surface area contributed by atoms with Gasteiger partial charge >= 0.3 is 5.97 Å². The van der Waals surface area contributed by atoms with E-state index >= 15 is 0 Å². The van der Waals surface area contributed by atoms with E-state index in [1.54, 1.807) is 37.3 Å². The molecule has 110 valence electrons. The molecule has 0 aliphatic carbocycles. The van der Waals surface area contributed by atoms with Crippen molar-refractivity contribution in [1.29, 1.82) is 0 Å². The minimum Gasteiger partial charge on any atom is -0.462 e. The maximum Gasteiger partial charge on any atom is 0.340 e. The molecule has 2 aromatic carbocycles. The van der Waals surface area contributed by atoms with Gasteiger partial charge in [0, 0.05) is 14.8 Å². The largest absolute Gasteiger partial charge is 0.462 e. The highest BCUT2D eigenvalue weighted by Crippen LogP contribution is 2.38. The van der Waals surface area contributed by atoms with Gasteiger partial charge in [0.1, 0.15) is 0 Å². The maximum atomic E-state index is 11.8. The van der Waals surface area contributed by atoms with Crippen LogP contribution >= 0.6 is 35.0 Å². The number of para-hydroxylation sites is 1. The standard InChI is InChI=1S/C15H13Cl2NO2S/c1-2-20-15(19)10-4-3-5-12(14(10)18)21-13-8-9(16)6-7-11(13)17/h3-8H,2,18H2,1H3. The number of nitrogen functional groups attached to an aromatic ring is 1. The van der Waals surface area contributed by atoms with Crippen molar-refractivity contribution in [2.24, 2.45) is 0 Å². The lowest BCUT2D eigenvalue weighted by Gasteiger charge is -2.11. The topological polar surface area (TPSA) is 52.3 Å². The van der Waals surface area contributed by atoms with Crippen LogP contribution in [0.15, 0.2) is 46.2 Å². The summed E-state index contributed by atoms with van der Waals surface area (Å²) in [6.07, 6.45) is 0. The summed E-state index contributed by atoms with van der Waals surface area (Å²) in [5.74, 6) is -0.436. The van der Waals surface area contributed by atoms with Gasteiger partial charge in [-0.1, -0.05) is 41.0 Å². The summed E-state index contributed by atoms with van der Waals surface area (Å²) in [6.45, 7) is 2.05. The van der Waals surface area contributed by atoms with Crippen molar-refractivity contribution < 1.29 is 9.53 Å². The summed E-state index contributed by atoms with van der Waals surface area (Å²) >= 11 is 13.5. The second kappa shape index (κ2) is 7.07. The first-order chi connectivity index (χ1) is 10.0. The second-order valence-electron chi connectivity index (χ2n) is 4.11. The molecule has 0 aliphatic heterocycles. The van der Waals surface area contributed by atoms with Crippen LogP contribution in [0.3, 0.4) is 0 Å². The zero-order chi connectivity index (χ0) is 15.4. The number of rotatable bonds is 4. The lowest BCUT2D eigenvalue weighted by atomic mass is 10.2. The minimum absolute atomic E-state index is 0.301. The van der Waals surface area contributed by atoms with Crippen LogP contribution in [0.1, 0.15) is 17.3 Å². The monoisotopic (exact) mass is 341 g/mol. The van der Waals surface area contributed by atoms with Crippen molar-refractivity contribution in [3.05, 3.63) is 52.0 Å². The lowest BCUT2D eigenvalue weighted by molar-refractivity contribution is 0.0527. The Balaban J connectivity index is 2.35. The average Bonchev–Trinajstić information content (AvgIpc) is 2.45. The third kappa shape index (κ3) is 3.84. The number of hydrogen-bond donors (Lipinski definition) is 1. The Morgan fingerprint density at radius 3 is 2.71 bits per heavy atom. The summed E-state index contributed by atoms with van der Waals surface area (Å²) in [5, 5.41) is 1.16. The zero-order valence-electron chi connectivity index (χ0n) is 11.2. The van der Waals surface area contributed by atoms with Crippen molar-refractivity contribution in [3.63, 3.8) is 0 Å². The van der Waals surface area contributed by atoms with Crippen molar-refractivity contribution in [2.75, 3.05) is 12.3 Å². The molecule has 0 amide bonds. The quantitative estimate of drug-likeness (QED) is 0.634. The number of anilines is 1. The van der Waals surface area contributed by atoms with E-state index < -0.39 is 5.97 Å². The van der Waals surface area contributed by atoms with Gasteiger partial charge in [-0.3, -0.25) is 0 Å². The molecule has 0 fully saturated rings. The Kier molecular flexibility index (Phi) is 5.39. The van der Waals surface area contributed by atoms with Crippen LogP contribution in [-0.2, 0) is 4.74 Å². The number of nitrogens with two attached hydrogens (primary N) is 1. The number of carbonyl (C=O) groups excluding carboxylic acids is 1. The molecule has 0 aromatic heterocycles. The molecule has 0 radical (unpaired) electrons. The van der Waals surface area contributed by atoms with E-state index in [1.807, 2.05) is 6.07 Å². The Hall–Kier alpha value is -1.36. The van der Waals surface area contributed by atoms with Crippen molar-refractivity contribution >= 4 is 46.6 Å². The number of halogens is 2. The van der Waals surface area contributed by atoms with E-state index in [4.69, 9.17) is 33.7 Å². The fourth-order valence-corrected chi connectivity index (χ4v) is 3.12. The number of esters is 1. The van der Waals surface area contributed by atoms with E-state index in [9.17, 15) is 4.79 Å². The van der Waals surface area contributed by atoms with E-state index in [0.29, 0.717) is 27.9 Å². The molecule has 0 bridgehead atoms. The molecule has 0 saturated heterocycles. The Labute approximate surface area is 137 Å². The van der Waals surface area contributed by atoms with Gasteiger partial charge < -0.3 is 10.5 Å². The second-order valence-corrected chi connectivity index (χ2v) is 6.04. The first-order valence-corrected chi connectivity index (χ1v) is 7.78. The summed E-state index contributed by atoms with van der Waals surface area (Å²) in [7, 11) is 0. The first kappa shape index (κ1) is 16.0. The summed E-state index contributed by atoms with van der Waals surface area (Å²) in [6, 6.07) is 10.4. The molecular formula is C15H13Cl2NO2S. The smallest absolute Gasteiger partial charge is 0.340 e. The molecule has 3 nitrogen and oxygen atoms in total. The van der Waals surface area contributed by atoms with Gasteiger partial charge in [-0.15, -0.1) is 0 Å². The van der Waals surface area contributed by atoms with Crippen LogP contribution in [0, 0.1) is 0 Å². The Morgan fingerprint density at radius 2 is 2.00 bits per heavy atom. The van der Waals surface area contributed by atoms with Crippen LogP contribution < -0.4 is 5.73 Å². The molecule has 0 atom stereocenters. The molecule has 0 unspecified atom stereocenters. The molecule has 2 N–H and O–H groups in total. The average molecular weight is 342 g/mol. The predicted octanol–water partition coefficient (Wildman–Crippen LogP) is 4.90. The Bertz CT molecular complexity index is 677. The highest BCUT2D eigenvalue weighted by molar-refractivity contribution is 7.99. The summed E-state index contributed by atoms with van der Waals surface area (Å²) < 4.78 is 4.98. The minimum atomic E-state index is -0.436. The fraction of sp³-hybridized carbons (Fsp3) is 0.133. The van der Waals surface area contributed by atoms with Gasteiger partial charge in [-0.05, 0) is 37.3 Å². The van der Waals surface area contributed by atoms with Crippen molar-refractivity contribution in [2.45, 2.75) is 16.7 Å². The van der Waals surface area contributed by atoms with E-state index in [-0.39, 0.29) is 0 Å². The third-order valence-electron chi connectivity index (χ3n) is 2.67. The molecule has 21 heavy (non-hydrogen) atoms. The molecule has 6 heteroatoms.